The number of aryl methyl sites for hydroxylation is 1. The molecule has 1 aliphatic rings. The number of nitrogens with zero attached hydrogens (tertiary/aromatic N) is 2. The molecule has 1 heterocycles. The second kappa shape index (κ2) is 8.35. The van der Waals surface area contributed by atoms with Crippen molar-refractivity contribution in [3.63, 3.8) is 0 Å². The van der Waals surface area contributed by atoms with Crippen LogP contribution in [0.3, 0.4) is 0 Å². The summed E-state index contributed by atoms with van der Waals surface area (Å²) >= 11 is 0. The van der Waals surface area contributed by atoms with E-state index in [0.717, 1.165) is 47.8 Å². The lowest BCUT2D eigenvalue weighted by atomic mass is 10.1. The molecule has 0 radical (unpaired) electrons. The number of hydrogen-bond acceptors (Lipinski definition) is 3. The second-order valence-electron chi connectivity index (χ2n) is 7.58. The van der Waals surface area contributed by atoms with Crippen molar-refractivity contribution in [2.24, 2.45) is 5.92 Å². The van der Waals surface area contributed by atoms with Gasteiger partial charge >= 0.3 is 0 Å². The summed E-state index contributed by atoms with van der Waals surface area (Å²) in [6.45, 7) is 2.62. The molecule has 0 atom stereocenters. The molecule has 0 unspecified atom stereocenters. The minimum absolute atomic E-state index is 0.0979. The Morgan fingerprint density at radius 1 is 1.17 bits per heavy atom. The zero-order chi connectivity index (χ0) is 21.1. The van der Waals surface area contributed by atoms with Crippen molar-refractivity contribution in [2.75, 3.05) is 5.32 Å². The lowest BCUT2D eigenvalue weighted by Gasteiger charge is -2.10. The molecular weight excluding hydrogens is 374 g/mol. The Kier molecular flexibility index (Phi) is 5.46. The van der Waals surface area contributed by atoms with Crippen LogP contribution in [0.2, 0.25) is 0 Å². The number of nitriles is 1. The minimum atomic E-state index is 0.0979. The molecule has 3 aromatic rings. The van der Waals surface area contributed by atoms with E-state index in [9.17, 15) is 15.2 Å². The Hall–Kier alpha value is -3.70. The predicted molar refractivity (Wildman–Crippen MR) is 117 cm³/mol. The summed E-state index contributed by atoms with van der Waals surface area (Å²) in [6, 6.07) is 14.7. The largest absolute Gasteiger partial charge is 0.508 e. The van der Waals surface area contributed by atoms with E-state index < -0.39 is 0 Å². The molecular formula is C25H23N3O2. The van der Waals surface area contributed by atoms with Gasteiger partial charge in [-0.15, -0.1) is 0 Å². The summed E-state index contributed by atoms with van der Waals surface area (Å²) in [4.78, 5) is 12.3. The number of anilines is 1. The van der Waals surface area contributed by atoms with E-state index in [1.165, 1.54) is 0 Å². The van der Waals surface area contributed by atoms with Gasteiger partial charge in [0.25, 0.3) is 0 Å². The summed E-state index contributed by atoms with van der Waals surface area (Å²) < 4.78 is 1.94. The lowest BCUT2D eigenvalue weighted by molar-refractivity contribution is -0.119. The topological polar surface area (TPSA) is 78.0 Å². The van der Waals surface area contributed by atoms with Crippen LogP contribution in [-0.2, 0) is 11.3 Å². The van der Waals surface area contributed by atoms with Gasteiger partial charge in [-0.3, -0.25) is 4.79 Å². The molecule has 5 heteroatoms. The maximum absolute atomic E-state index is 12.3. The Labute approximate surface area is 175 Å². The van der Waals surface area contributed by atoms with Crippen molar-refractivity contribution >= 4 is 22.5 Å². The number of aromatic nitrogens is 1. The smallest absolute Gasteiger partial charge is 0.227 e. The maximum Gasteiger partial charge on any atom is 0.227 e. The van der Waals surface area contributed by atoms with Gasteiger partial charge in [0.1, 0.15) is 17.5 Å². The number of phenols is 1. The van der Waals surface area contributed by atoms with Crippen LogP contribution in [-0.4, -0.2) is 15.6 Å². The highest BCUT2D eigenvalue weighted by atomic mass is 16.3. The van der Waals surface area contributed by atoms with Gasteiger partial charge in [0.05, 0.1) is 11.1 Å². The van der Waals surface area contributed by atoms with E-state index in [1.807, 2.05) is 35.8 Å². The molecule has 1 aromatic heterocycles. The molecule has 2 N–H and O–H groups in total. The van der Waals surface area contributed by atoms with Crippen LogP contribution >= 0.6 is 0 Å². The van der Waals surface area contributed by atoms with Crippen LogP contribution in [0.1, 0.15) is 49.4 Å². The molecule has 4 rings (SSSR count). The number of aromatic hydroxyl groups is 1. The van der Waals surface area contributed by atoms with Gasteiger partial charge in [0.2, 0.25) is 5.91 Å². The first-order valence-corrected chi connectivity index (χ1v) is 10.3. The Balaban J connectivity index is 1.60. The zero-order valence-electron chi connectivity index (χ0n) is 16.9. The molecule has 0 spiro atoms. The number of nitrogens with one attached hydrogen (secondary N) is 1. The molecule has 150 valence electrons. The van der Waals surface area contributed by atoms with Gasteiger partial charge in [-0.05, 0) is 62.1 Å². The van der Waals surface area contributed by atoms with E-state index in [-0.39, 0.29) is 17.6 Å². The Bertz CT molecular complexity index is 1200. The Morgan fingerprint density at radius 3 is 2.57 bits per heavy atom. The van der Waals surface area contributed by atoms with Crippen molar-refractivity contribution in [2.45, 2.75) is 39.2 Å². The number of amides is 1. The number of carbonyl (C=O) groups is 1. The van der Waals surface area contributed by atoms with Crippen LogP contribution in [0.4, 0.5) is 5.69 Å². The summed E-state index contributed by atoms with van der Waals surface area (Å²) in [6.07, 6.45) is 4.20. The summed E-state index contributed by atoms with van der Waals surface area (Å²) in [7, 11) is 0. The third-order valence-electron chi connectivity index (χ3n) is 5.68. The highest BCUT2D eigenvalue weighted by Crippen LogP contribution is 2.29. The van der Waals surface area contributed by atoms with E-state index in [1.54, 1.807) is 18.2 Å². The molecule has 0 bridgehead atoms. The third kappa shape index (κ3) is 3.75. The van der Waals surface area contributed by atoms with E-state index >= 15 is 0 Å². The molecule has 1 fully saturated rings. The predicted octanol–water partition coefficient (Wildman–Crippen LogP) is 4.77. The average molecular weight is 397 g/mol. The van der Waals surface area contributed by atoms with Crippen molar-refractivity contribution < 1.29 is 9.90 Å². The normalized spacial score (nSPS) is 13.6. The molecule has 30 heavy (non-hydrogen) atoms. The molecule has 0 saturated heterocycles. The summed E-state index contributed by atoms with van der Waals surface area (Å²) in [5.41, 5.74) is 3.52. The fourth-order valence-electron chi connectivity index (χ4n) is 4.11. The van der Waals surface area contributed by atoms with Crippen molar-refractivity contribution in [1.29, 1.82) is 5.26 Å². The molecule has 2 aromatic carbocycles. The van der Waals surface area contributed by atoms with E-state index in [4.69, 9.17) is 0 Å². The second-order valence-corrected chi connectivity index (χ2v) is 7.58. The van der Waals surface area contributed by atoms with Gasteiger partial charge in [-0.2, -0.15) is 5.26 Å². The highest BCUT2D eigenvalue weighted by Gasteiger charge is 2.22. The van der Waals surface area contributed by atoms with Gasteiger partial charge < -0.3 is 15.0 Å². The van der Waals surface area contributed by atoms with Crippen molar-refractivity contribution in [3.8, 4) is 23.7 Å². The van der Waals surface area contributed by atoms with E-state index in [0.29, 0.717) is 17.8 Å². The fraction of sp³-hybridized carbons (Fsp3) is 0.280. The first-order chi connectivity index (χ1) is 14.6. The standard InChI is InChI=1S/C25H23N3O2/c1-2-28-23(22(16-26)21-13-12-20(29)15-24(21)28)14-9-17-7-10-19(11-8-17)27-25(30)18-5-3-4-6-18/h7-8,10-13,15,18,29H,2-6H2,1H3,(H,27,30). The first kappa shape index (κ1) is 19.6. The van der Waals surface area contributed by atoms with Crippen LogP contribution in [0.5, 0.6) is 5.75 Å². The van der Waals surface area contributed by atoms with Crippen LogP contribution < -0.4 is 5.32 Å². The fourth-order valence-corrected chi connectivity index (χ4v) is 4.11. The highest BCUT2D eigenvalue weighted by molar-refractivity contribution is 5.93. The van der Waals surface area contributed by atoms with Crippen molar-refractivity contribution in [1.82, 2.24) is 4.57 Å². The van der Waals surface area contributed by atoms with Gasteiger partial charge in [-0.25, -0.2) is 0 Å². The SMILES string of the molecule is CCn1c(C#Cc2ccc(NC(=O)C3CCCC3)cc2)c(C#N)c2ccc(O)cc21. The minimum Gasteiger partial charge on any atom is -0.508 e. The summed E-state index contributed by atoms with van der Waals surface area (Å²) in [5.74, 6) is 6.65. The number of fused-ring (bicyclic) bond motifs is 1. The number of hydrogen-bond donors (Lipinski definition) is 2. The molecule has 5 nitrogen and oxygen atoms in total. The van der Waals surface area contributed by atoms with Crippen LogP contribution in [0, 0.1) is 29.1 Å². The van der Waals surface area contributed by atoms with Gasteiger partial charge in [0, 0.05) is 35.2 Å². The quantitative estimate of drug-likeness (QED) is 0.625. The molecule has 1 amide bonds. The lowest BCUT2D eigenvalue weighted by Crippen LogP contribution is -2.20. The van der Waals surface area contributed by atoms with Gasteiger partial charge in [-0.1, -0.05) is 18.8 Å². The number of benzene rings is 2. The third-order valence-corrected chi connectivity index (χ3v) is 5.68. The summed E-state index contributed by atoms with van der Waals surface area (Å²) in [5, 5.41) is 23.3. The maximum atomic E-state index is 12.3. The van der Waals surface area contributed by atoms with Crippen molar-refractivity contribution in [3.05, 3.63) is 59.3 Å². The number of rotatable bonds is 3. The number of phenolic OH excluding ortho intramolecular Hbond substituents is 1. The van der Waals surface area contributed by atoms with Crippen LogP contribution in [0.15, 0.2) is 42.5 Å². The number of carbonyl (C=O) groups excluding carboxylic acids is 1. The first-order valence-electron chi connectivity index (χ1n) is 10.3. The molecule has 1 saturated carbocycles. The molecule has 0 aliphatic heterocycles. The van der Waals surface area contributed by atoms with Crippen LogP contribution in [0.25, 0.3) is 10.9 Å². The average Bonchev–Trinajstić information content (AvgIpc) is 3.39. The molecule has 1 aliphatic carbocycles. The monoisotopic (exact) mass is 397 g/mol. The zero-order valence-corrected chi connectivity index (χ0v) is 16.9. The van der Waals surface area contributed by atoms with Gasteiger partial charge in [0.15, 0.2) is 0 Å². The van der Waals surface area contributed by atoms with E-state index in [2.05, 4.69) is 23.2 Å². The Morgan fingerprint density at radius 2 is 1.90 bits per heavy atom.